The summed E-state index contributed by atoms with van der Waals surface area (Å²) in [5, 5.41) is 4.20. The number of hydrogen-bond acceptors (Lipinski definition) is 5. The molecule has 0 saturated carbocycles. The minimum absolute atomic E-state index is 0.0510. The molecule has 6 nitrogen and oxygen atoms in total. The maximum Gasteiger partial charge on any atom is 0.233 e. The Bertz CT molecular complexity index is 916. The second-order valence-corrected chi connectivity index (χ2v) is 8.79. The number of carbonyl (C=O) groups is 2. The number of thioether (sulfide) groups is 1. The van der Waals surface area contributed by atoms with Crippen LogP contribution in [0.5, 0.6) is 0 Å². The van der Waals surface area contributed by atoms with Crippen LogP contribution in [-0.4, -0.2) is 27.5 Å². The van der Waals surface area contributed by atoms with Crippen molar-refractivity contribution in [3.05, 3.63) is 40.4 Å². The fraction of sp³-hybridized carbons (Fsp3) is 0.455. The van der Waals surface area contributed by atoms with E-state index >= 15 is 0 Å². The predicted molar refractivity (Wildman–Crippen MR) is 122 cm³/mol. The highest BCUT2D eigenvalue weighted by Gasteiger charge is 2.33. The number of amides is 2. The van der Waals surface area contributed by atoms with Crippen LogP contribution in [0.4, 0.5) is 11.6 Å². The quantitative estimate of drug-likeness (QED) is 0.428. The molecule has 1 aromatic carbocycles. The van der Waals surface area contributed by atoms with Gasteiger partial charge in [-0.15, -0.1) is 0 Å². The van der Waals surface area contributed by atoms with E-state index in [-0.39, 0.29) is 24.2 Å². The van der Waals surface area contributed by atoms with Gasteiger partial charge in [0.1, 0.15) is 11.6 Å². The van der Waals surface area contributed by atoms with E-state index in [1.165, 1.54) is 11.8 Å². The van der Waals surface area contributed by atoms with Crippen LogP contribution in [0.3, 0.4) is 0 Å². The Labute approximate surface area is 186 Å². The van der Waals surface area contributed by atoms with Crippen LogP contribution in [0.15, 0.2) is 29.4 Å². The first-order valence-electron chi connectivity index (χ1n) is 10.4. The molecule has 0 bridgehead atoms. The molecule has 1 aliphatic rings. The molecule has 0 unspecified atom stereocenters. The van der Waals surface area contributed by atoms with E-state index in [0.717, 1.165) is 30.6 Å². The van der Waals surface area contributed by atoms with Gasteiger partial charge in [0, 0.05) is 22.3 Å². The topological polar surface area (TPSA) is 75.2 Å². The number of fused-ring (bicyclic) bond motifs is 1. The Hall–Kier alpha value is -2.12. The minimum atomic E-state index is -0.0790. The Morgan fingerprint density at radius 3 is 2.53 bits per heavy atom. The van der Waals surface area contributed by atoms with Crippen molar-refractivity contribution in [2.45, 2.75) is 58.2 Å². The van der Waals surface area contributed by atoms with Crippen molar-refractivity contribution >= 4 is 46.8 Å². The molecule has 2 amide bonds. The van der Waals surface area contributed by atoms with Crippen LogP contribution in [0.25, 0.3) is 0 Å². The third-order valence-electron chi connectivity index (χ3n) is 5.14. The lowest BCUT2D eigenvalue weighted by atomic mass is 10.0. The molecule has 2 aromatic rings. The van der Waals surface area contributed by atoms with E-state index in [9.17, 15) is 9.59 Å². The molecule has 0 aliphatic carbocycles. The molecular formula is C22H27ClN4O2S. The highest BCUT2D eigenvalue weighted by molar-refractivity contribution is 7.99. The molecule has 2 heterocycles. The number of rotatable bonds is 9. The van der Waals surface area contributed by atoms with Crippen molar-refractivity contribution in [2.75, 3.05) is 16.0 Å². The lowest BCUT2D eigenvalue weighted by Crippen LogP contribution is -2.26. The van der Waals surface area contributed by atoms with Crippen LogP contribution in [0, 0.1) is 5.92 Å². The first-order chi connectivity index (χ1) is 14.5. The summed E-state index contributed by atoms with van der Waals surface area (Å²) < 4.78 is 0. The smallest absolute Gasteiger partial charge is 0.233 e. The normalized spacial score (nSPS) is 13.1. The summed E-state index contributed by atoms with van der Waals surface area (Å²) >= 11 is 7.51. The number of nitrogens with one attached hydrogen (secondary N) is 1. The maximum absolute atomic E-state index is 12.8. The predicted octanol–water partition coefficient (Wildman–Crippen LogP) is 5.10. The molecule has 3 rings (SSSR count). The Kier molecular flexibility index (Phi) is 7.72. The van der Waals surface area contributed by atoms with E-state index in [0.29, 0.717) is 33.9 Å². The largest absolute Gasteiger partial charge is 0.310 e. The molecule has 30 heavy (non-hydrogen) atoms. The van der Waals surface area contributed by atoms with Crippen LogP contribution in [-0.2, 0) is 22.6 Å². The van der Waals surface area contributed by atoms with Crippen LogP contribution >= 0.6 is 23.4 Å². The first-order valence-corrected chi connectivity index (χ1v) is 11.7. The highest BCUT2D eigenvalue weighted by atomic mass is 35.5. The van der Waals surface area contributed by atoms with Crippen LogP contribution in [0.2, 0.25) is 5.02 Å². The molecule has 0 saturated heterocycles. The van der Waals surface area contributed by atoms with Crippen molar-refractivity contribution in [1.82, 2.24) is 9.97 Å². The Morgan fingerprint density at radius 2 is 1.90 bits per heavy atom. The summed E-state index contributed by atoms with van der Waals surface area (Å²) in [7, 11) is 0. The number of halogens is 1. The molecule has 0 atom stereocenters. The summed E-state index contributed by atoms with van der Waals surface area (Å²) in [6.07, 6.45) is 2.68. The molecule has 0 radical (unpaired) electrons. The summed E-state index contributed by atoms with van der Waals surface area (Å²) in [6, 6.07) is 7.42. The van der Waals surface area contributed by atoms with Gasteiger partial charge in [-0.25, -0.2) is 9.97 Å². The van der Waals surface area contributed by atoms with Gasteiger partial charge in [0.2, 0.25) is 11.8 Å². The fourth-order valence-corrected chi connectivity index (χ4v) is 4.20. The van der Waals surface area contributed by atoms with Gasteiger partial charge in [-0.3, -0.25) is 14.5 Å². The second kappa shape index (κ2) is 10.3. The van der Waals surface area contributed by atoms with Crippen LogP contribution < -0.4 is 10.2 Å². The Morgan fingerprint density at radius 1 is 1.20 bits per heavy atom. The molecule has 160 valence electrons. The van der Waals surface area contributed by atoms with Crippen molar-refractivity contribution < 1.29 is 9.59 Å². The second-order valence-electron chi connectivity index (χ2n) is 7.29. The van der Waals surface area contributed by atoms with Gasteiger partial charge in [-0.05, 0) is 37.0 Å². The van der Waals surface area contributed by atoms with Crippen molar-refractivity contribution in [2.24, 2.45) is 5.92 Å². The molecule has 1 aromatic heterocycles. The maximum atomic E-state index is 12.8. The third kappa shape index (κ3) is 5.13. The monoisotopic (exact) mass is 446 g/mol. The van der Waals surface area contributed by atoms with E-state index in [1.807, 2.05) is 38.1 Å². The molecule has 1 N–H and O–H groups in total. The lowest BCUT2D eigenvalue weighted by Gasteiger charge is -2.18. The van der Waals surface area contributed by atoms with Gasteiger partial charge in [0.15, 0.2) is 5.16 Å². The molecule has 0 spiro atoms. The van der Waals surface area contributed by atoms with Crippen LogP contribution in [0.1, 0.15) is 51.2 Å². The SMILES string of the molecule is CCCSc1nc(NC(=O)C(CC)CC)c2c(n1)N(Cc1ccc(Cl)cc1)C(=O)C2. The number of anilines is 2. The minimum Gasteiger partial charge on any atom is -0.310 e. The van der Waals surface area contributed by atoms with Gasteiger partial charge in [0.05, 0.1) is 13.0 Å². The fourth-order valence-electron chi connectivity index (χ4n) is 3.38. The van der Waals surface area contributed by atoms with E-state index < -0.39 is 0 Å². The number of carbonyl (C=O) groups excluding carboxylic acids is 2. The van der Waals surface area contributed by atoms with Gasteiger partial charge >= 0.3 is 0 Å². The molecular weight excluding hydrogens is 420 g/mol. The number of benzene rings is 1. The zero-order valence-corrected chi connectivity index (χ0v) is 19.1. The van der Waals surface area contributed by atoms with Gasteiger partial charge in [-0.2, -0.15) is 0 Å². The zero-order valence-electron chi connectivity index (χ0n) is 17.6. The molecule has 8 heteroatoms. The van der Waals surface area contributed by atoms with E-state index in [4.69, 9.17) is 11.6 Å². The summed E-state index contributed by atoms with van der Waals surface area (Å²) in [5.74, 6) is 1.72. The lowest BCUT2D eigenvalue weighted by molar-refractivity contribution is -0.120. The summed E-state index contributed by atoms with van der Waals surface area (Å²) in [4.78, 5) is 36.4. The first kappa shape index (κ1) is 22.6. The highest BCUT2D eigenvalue weighted by Crippen LogP contribution is 2.35. The third-order valence-corrected chi connectivity index (χ3v) is 6.44. The standard InChI is InChI=1S/C22H27ClN4O2S/c1-4-11-30-22-25-19(24-21(29)15(5-2)6-3)17-12-18(28)27(20(17)26-22)13-14-7-9-16(23)10-8-14/h7-10,15H,4-6,11-13H2,1-3H3,(H,24,25,26,29). The number of hydrogen-bond donors (Lipinski definition) is 1. The zero-order chi connectivity index (χ0) is 21.7. The van der Waals surface area contributed by atoms with Crippen molar-refractivity contribution in [3.8, 4) is 0 Å². The number of aromatic nitrogens is 2. The average molecular weight is 447 g/mol. The van der Waals surface area contributed by atoms with Crippen molar-refractivity contribution in [1.29, 1.82) is 0 Å². The van der Waals surface area contributed by atoms with Gasteiger partial charge in [0.25, 0.3) is 0 Å². The van der Waals surface area contributed by atoms with Crippen molar-refractivity contribution in [3.63, 3.8) is 0 Å². The van der Waals surface area contributed by atoms with Gasteiger partial charge in [-0.1, -0.05) is 56.3 Å². The molecule has 1 aliphatic heterocycles. The van der Waals surface area contributed by atoms with E-state index in [2.05, 4.69) is 22.2 Å². The van der Waals surface area contributed by atoms with E-state index in [1.54, 1.807) is 4.90 Å². The summed E-state index contributed by atoms with van der Waals surface area (Å²) in [5.41, 5.74) is 1.65. The molecule has 0 fully saturated rings. The van der Waals surface area contributed by atoms with Gasteiger partial charge < -0.3 is 5.32 Å². The Balaban J connectivity index is 1.95. The average Bonchev–Trinajstić information content (AvgIpc) is 3.04. The summed E-state index contributed by atoms with van der Waals surface area (Å²) in [6.45, 7) is 6.49. The number of nitrogens with zero attached hydrogens (tertiary/aromatic N) is 3.